The Kier molecular flexibility index (Phi) is 3.74. The van der Waals surface area contributed by atoms with E-state index in [1.165, 1.54) is 12.1 Å². The summed E-state index contributed by atoms with van der Waals surface area (Å²) in [7, 11) is 0. The Bertz CT molecular complexity index is 340. The van der Waals surface area contributed by atoms with Crippen molar-refractivity contribution in [2.24, 2.45) is 5.73 Å². The molecule has 2 atom stereocenters. The Labute approximate surface area is 94.8 Å². The van der Waals surface area contributed by atoms with Crippen molar-refractivity contribution in [3.8, 4) is 0 Å². The molecule has 1 heterocycles. The first-order valence-corrected chi connectivity index (χ1v) is 5.63. The van der Waals surface area contributed by atoms with Crippen LogP contribution in [0.3, 0.4) is 0 Å². The number of nitrogens with one attached hydrogen (secondary N) is 1. The SMILES string of the molecule is NCC(Nc1cccc(F)c1)C1CCCO1. The zero-order valence-electron chi connectivity index (χ0n) is 9.16. The fourth-order valence-corrected chi connectivity index (χ4v) is 2.02. The average molecular weight is 224 g/mol. The molecule has 1 aromatic carbocycles. The molecule has 2 rings (SSSR count). The highest BCUT2D eigenvalue weighted by atomic mass is 19.1. The Morgan fingerprint density at radius 1 is 1.56 bits per heavy atom. The molecule has 0 spiro atoms. The van der Waals surface area contributed by atoms with Crippen LogP contribution in [0, 0.1) is 5.82 Å². The number of halogens is 1. The summed E-state index contributed by atoms with van der Waals surface area (Å²) < 4.78 is 18.6. The van der Waals surface area contributed by atoms with E-state index in [2.05, 4.69) is 5.32 Å². The van der Waals surface area contributed by atoms with Gasteiger partial charge < -0.3 is 15.8 Å². The van der Waals surface area contributed by atoms with Crippen LogP contribution in [-0.2, 0) is 4.74 Å². The first-order chi connectivity index (χ1) is 7.79. The molecule has 1 fully saturated rings. The maximum absolute atomic E-state index is 13.0. The summed E-state index contributed by atoms with van der Waals surface area (Å²) in [5.41, 5.74) is 6.46. The molecule has 0 radical (unpaired) electrons. The summed E-state index contributed by atoms with van der Waals surface area (Å²) in [6.45, 7) is 1.28. The van der Waals surface area contributed by atoms with Gasteiger partial charge in [0.1, 0.15) is 5.82 Å². The summed E-state index contributed by atoms with van der Waals surface area (Å²) in [4.78, 5) is 0. The van der Waals surface area contributed by atoms with Gasteiger partial charge in [-0.3, -0.25) is 0 Å². The lowest BCUT2D eigenvalue weighted by Gasteiger charge is -2.23. The maximum Gasteiger partial charge on any atom is 0.125 e. The molecule has 1 aliphatic heterocycles. The number of ether oxygens (including phenoxy) is 1. The third-order valence-corrected chi connectivity index (χ3v) is 2.84. The fourth-order valence-electron chi connectivity index (χ4n) is 2.02. The maximum atomic E-state index is 13.0. The van der Waals surface area contributed by atoms with Crippen molar-refractivity contribution >= 4 is 5.69 Å². The van der Waals surface area contributed by atoms with E-state index in [9.17, 15) is 4.39 Å². The highest BCUT2D eigenvalue weighted by Gasteiger charge is 2.24. The minimum absolute atomic E-state index is 0.0595. The predicted molar refractivity (Wildman–Crippen MR) is 61.8 cm³/mol. The molecule has 16 heavy (non-hydrogen) atoms. The van der Waals surface area contributed by atoms with Gasteiger partial charge in [0.05, 0.1) is 12.1 Å². The molecule has 3 nitrogen and oxygen atoms in total. The Morgan fingerprint density at radius 3 is 3.06 bits per heavy atom. The lowest BCUT2D eigenvalue weighted by Crippen LogP contribution is -2.39. The van der Waals surface area contributed by atoms with Crippen LogP contribution in [0.25, 0.3) is 0 Å². The Morgan fingerprint density at radius 2 is 2.44 bits per heavy atom. The second-order valence-electron chi connectivity index (χ2n) is 4.05. The van der Waals surface area contributed by atoms with Gasteiger partial charge in [-0.05, 0) is 31.0 Å². The van der Waals surface area contributed by atoms with Crippen molar-refractivity contribution in [3.63, 3.8) is 0 Å². The lowest BCUT2D eigenvalue weighted by atomic mass is 10.1. The van der Waals surface area contributed by atoms with Crippen LogP contribution < -0.4 is 11.1 Å². The van der Waals surface area contributed by atoms with Gasteiger partial charge in [0.15, 0.2) is 0 Å². The highest BCUT2D eigenvalue weighted by molar-refractivity contribution is 5.44. The Hall–Kier alpha value is -1.13. The van der Waals surface area contributed by atoms with Crippen LogP contribution in [0.2, 0.25) is 0 Å². The smallest absolute Gasteiger partial charge is 0.125 e. The second kappa shape index (κ2) is 5.27. The number of rotatable bonds is 4. The molecule has 1 saturated heterocycles. The molecule has 0 aromatic heterocycles. The molecule has 0 bridgehead atoms. The third kappa shape index (κ3) is 2.71. The van der Waals surface area contributed by atoms with Crippen LogP contribution in [-0.4, -0.2) is 25.3 Å². The van der Waals surface area contributed by atoms with Crippen molar-refractivity contribution in [1.82, 2.24) is 0 Å². The number of hydrogen-bond donors (Lipinski definition) is 2. The molecule has 0 saturated carbocycles. The van der Waals surface area contributed by atoms with Crippen LogP contribution in [0.15, 0.2) is 24.3 Å². The molecule has 1 aromatic rings. The number of nitrogens with two attached hydrogens (primary N) is 1. The summed E-state index contributed by atoms with van der Waals surface area (Å²) in [5, 5.41) is 3.22. The molecule has 0 aliphatic carbocycles. The second-order valence-corrected chi connectivity index (χ2v) is 4.05. The van der Waals surface area contributed by atoms with Crippen molar-refractivity contribution in [1.29, 1.82) is 0 Å². The molecule has 1 aliphatic rings. The topological polar surface area (TPSA) is 47.3 Å². The zero-order valence-corrected chi connectivity index (χ0v) is 9.16. The van der Waals surface area contributed by atoms with Gasteiger partial charge in [-0.1, -0.05) is 6.07 Å². The predicted octanol–water partition coefficient (Wildman–Crippen LogP) is 1.74. The number of hydrogen-bond acceptors (Lipinski definition) is 3. The molecule has 2 unspecified atom stereocenters. The van der Waals surface area contributed by atoms with E-state index in [0.717, 1.165) is 25.1 Å². The van der Waals surface area contributed by atoms with E-state index in [1.54, 1.807) is 6.07 Å². The standard InChI is InChI=1S/C12H17FN2O/c13-9-3-1-4-10(7-9)15-11(8-14)12-5-2-6-16-12/h1,3-4,7,11-12,15H,2,5-6,8,14H2. The quantitative estimate of drug-likeness (QED) is 0.819. The summed E-state index contributed by atoms with van der Waals surface area (Å²) in [6, 6.07) is 6.47. The number of anilines is 1. The molecule has 88 valence electrons. The molecule has 4 heteroatoms. The fraction of sp³-hybridized carbons (Fsp3) is 0.500. The van der Waals surface area contributed by atoms with Crippen molar-refractivity contribution < 1.29 is 9.13 Å². The third-order valence-electron chi connectivity index (χ3n) is 2.84. The van der Waals surface area contributed by atoms with Gasteiger partial charge in [0.2, 0.25) is 0 Å². The van der Waals surface area contributed by atoms with Gasteiger partial charge >= 0.3 is 0 Å². The molecule has 3 N–H and O–H groups in total. The van der Waals surface area contributed by atoms with Crippen LogP contribution in [0.5, 0.6) is 0 Å². The highest BCUT2D eigenvalue weighted by Crippen LogP contribution is 2.19. The minimum Gasteiger partial charge on any atom is -0.378 e. The van der Waals surface area contributed by atoms with E-state index in [0.29, 0.717) is 6.54 Å². The van der Waals surface area contributed by atoms with Gasteiger partial charge in [0, 0.05) is 18.8 Å². The molecular formula is C12H17FN2O. The van der Waals surface area contributed by atoms with Gasteiger partial charge in [0.25, 0.3) is 0 Å². The molecular weight excluding hydrogens is 207 g/mol. The monoisotopic (exact) mass is 224 g/mol. The van der Waals surface area contributed by atoms with Crippen molar-refractivity contribution in [3.05, 3.63) is 30.1 Å². The van der Waals surface area contributed by atoms with Crippen LogP contribution >= 0.6 is 0 Å². The van der Waals surface area contributed by atoms with E-state index in [4.69, 9.17) is 10.5 Å². The lowest BCUT2D eigenvalue weighted by molar-refractivity contribution is 0.0973. The summed E-state index contributed by atoms with van der Waals surface area (Å²) in [6.07, 6.45) is 2.24. The average Bonchev–Trinajstić information content (AvgIpc) is 2.79. The van der Waals surface area contributed by atoms with Gasteiger partial charge in [-0.15, -0.1) is 0 Å². The first-order valence-electron chi connectivity index (χ1n) is 5.63. The number of benzene rings is 1. The van der Waals surface area contributed by atoms with Crippen LogP contribution in [0.4, 0.5) is 10.1 Å². The normalized spacial score (nSPS) is 22.0. The minimum atomic E-state index is -0.242. The Balaban J connectivity index is 2.00. The van der Waals surface area contributed by atoms with Crippen molar-refractivity contribution in [2.75, 3.05) is 18.5 Å². The summed E-state index contributed by atoms with van der Waals surface area (Å²) in [5.74, 6) is -0.242. The first kappa shape index (κ1) is 11.4. The summed E-state index contributed by atoms with van der Waals surface area (Å²) >= 11 is 0. The largest absolute Gasteiger partial charge is 0.378 e. The van der Waals surface area contributed by atoms with E-state index >= 15 is 0 Å². The molecule has 0 amide bonds. The van der Waals surface area contributed by atoms with Gasteiger partial charge in [-0.25, -0.2) is 4.39 Å². The van der Waals surface area contributed by atoms with Crippen molar-refractivity contribution in [2.45, 2.75) is 25.0 Å². The van der Waals surface area contributed by atoms with E-state index in [-0.39, 0.29) is 18.0 Å². The van der Waals surface area contributed by atoms with Gasteiger partial charge in [-0.2, -0.15) is 0 Å². The zero-order chi connectivity index (χ0) is 11.4. The van der Waals surface area contributed by atoms with E-state index < -0.39 is 0 Å². The van der Waals surface area contributed by atoms with Crippen LogP contribution in [0.1, 0.15) is 12.8 Å². The van der Waals surface area contributed by atoms with E-state index in [1.807, 2.05) is 6.07 Å².